The number of thiophene rings is 1. The standard InChI is InChI=1S/C13H14OS/c14-12(10-13-7-4-8-15-13)9-11-5-2-1-3-6-11/h1-8,12,14H,9-10H2. The Kier molecular flexibility index (Phi) is 3.54. The van der Waals surface area contributed by atoms with E-state index in [0.717, 1.165) is 12.8 Å². The molecule has 2 rings (SSSR count). The zero-order valence-electron chi connectivity index (χ0n) is 8.47. The summed E-state index contributed by atoms with van der Waals surface area (Å²) in [5, 5.41) is 11.9. The molecule has 0 bridgehead atoms. The molecule has 0 aliphatic rings. The van der Waals surface area contributed by atoms with Gasteiger partial charge in [-0.2, -0.15) is 0 Å². The van der Waals surface area contributed by atoms with Crippen LogP contribution in [0.5, 0.6) is 0 Å². The van der Waals surface area contributed by atoms with Crippen LogP contribution in [-0.2, 0) is 12.8 Å². The van der Waals surface area contributed by atoms with Crippen molar-refractivity contribution >= 4 is 11.3 Å². The van der Waals surface area contributed by atoms with Crippen molar-refractivity contribution in [2.45, 2.75) is 18.9 Å². The van der Waals surface area contributed by atoms with Gasteiger partial charge in [-0.1, -0.05) is 36.4 Å². The van der Waals surface area contributed by atoms with Gasteiger partial charge in [0.05, 0.1) is 6.10 Å². The lowest BCUT2D eigenvalue weighted by Crippen LogP contribution is -2.12. The van der Waals surface area contributed by atoms with E-state index in [1.807, 2.05) is 29.6 Å². The smallest absolute Gasteiger partial charge is 0.0628 e. The van der Waals surface area contributed by atoms with Gasteiger partial charge in [-0.3, -0.25) is 0 Å². The maximum atomic E-state index is 9.88. The molecule has 78 valence electrons. The van der Waals surface area contributed by atoms with Crippen molar-refractivity contribution in [2.24, 2.45) is 0 Å². The van der Waals surface area contributed by atoms with E-state index in [9.17, 15) is 5.11 Å². The first-order valence-electron chi connectivity index (χ1n) is 5.09. The van der Waals surface area contributed by atoms with Gasteiger partial charge < -0.3 is 5.11 Å². The van der Waals surface area contributed by atoms with Crippen LogP contribution in [0.4, 0.5) is 0 Å². The molecule has 1 aromatic heterocycles. The molecule has 0 aliphatic heterocycles. The first-order chi connectivity index (χ1) is 7.34. The predicted octanol–water partition coefficient (Wildman–Crippen LogP) is 2.89. The number of rotatable bonds is 4. The average molecular weight is 218 g/mol. The number of hydrogen-bond donors (Lipinski definition) is 1. The van der Waals surface area contributed by atoms with Gasteiger partial charge in [0.2, 0.25) is 0 Å². The van der Waals surface area contributed by atoms with Crippen molar-refractivity contribution in [1.29, 1.82) is 0 Å². The monoisotopic (exact) mass is 218 g/mol. The minimum absolute atomic E-state index is 0.272. The minimum Gasteiger partial charge on any atom is -0.392 e. The van der Waals surface area contributed by atoms with E-state index in [1.165, 1.54) is 10.4 Å². The summed E-state index contributed by atoms with van der Waals surface area (Å²) >= 11 is 1.70. The van der Waals surface area contributed by atoms with Gasteiger partial charge in [0, 0.05) is 11.3 Å². The van der Waals surface area contributed by atoms with Crippen LogP contribution in [0, 0.1) is 0 Å². The van der Waals surface area contributed by atoms with Crippen LogP contribution in [0.25, 0.3) is 0 Å². The molecule has 15 heavy (non-hydrogen) atoms. The lowest BCUT2D eigenvalue weighted by molar-refractivity contribution is 0.176. The molecule has 2 aromatic rings. The largest absolute Gasteiger partial charge is 0.392 e. The Morgan fingerprint density at radius 2 is 1.80 bits per heavy atom. The number of hydrogen-bond acceptors (Lipinski definition) is 2. The van der Waals surface area contributed by atoms with Gasteiger partial charge in [0.1, 0.15) is 0 Å². The predicted molar refractivity (Wildman–Crippen MR) is 64.2 cm³/mol. The van der Waals surface area contributed by atoms with Crippen molar-refractivity contribution in [3.05, 3.63) is 58.3 Å². The van der Waals surface area contributed by atoms with Crippen LogP contribution in [0.2, 0.25) is 0 Å². The van der Waals surface area contributed by atoms with Crippen LogP contribution in [0.1, 0.15) is 10.4 Å². The molecular formula is C13H14OS. The molecule has 0 aliphatic carbocycles. The Morgan fingerprint density at radius 1 is 1.00 bits per heavy atom. The molecule has 1 atom stereocenters. The van der Waals surface area contributed by atoms with Gasteiger partial charge in [-0.15, -0.1) is 11.3 Å². The van der Waals surface area contributed by atoms with E-state index in [-0.39, 0.29) is 6.10 Å². The fraction of sp³-hybridized carbons (Fsp3) is 0.231. The molecule has 0 saturated heterocycles. The Bertz CT molecular complexity index is 380. The van der Waals surface area contributed by atoms with Crippen LogP contribution in [-0.4, -0.2) is 11.2 Å². The third-order valence-corrected chi connectivity index (χ3v) is 3.23. The first-order valence-corrected chi connectivity index (χ1v) is 5.97. The zero-order chi connectivity index (χ0) is 10.5. The highest BCUT2D eigenvalue weighted by Crippen LogP contribution is 2.13. The molecule has 0 radical (unpaired) electrons. The summed E-state index contributed by atoms with van der Waals surface area (Å²) in [5.41, 5.74) is 1.20. The first kappa shape index (κ1) is 10.4. The second-order valence-corrected chi connectivity index (χ2v) is 4.66. The summed E-state index contributed by atoms with van der Waals surface area (Å²) in [4.78, 5) is 1.25. The molecule has 0 saturated carbocycles. The third kappa shape index (κ3) is 3.18. The zero-order valence-corrected chi connectivity index (χ0v) is 9.28. The Morgan fingerprint density at radius 3 is 2.47 bits per heavy atom. The van der Waals surface area contributed by atoms with Crippen molar-refractivity contribution < 1.29 is 5.11 Å². The van der Waals surface area contributed by atoms with Crippen molar-refractivity contribution in [3.8, 4) is 0 Å². The number of aliphatic hydroxyl groups excluding tert-OH is 1. The van der Waals surface area contributed by atoms with Crippen molar-refractivity contribution in [1.82, 2.24) is 0 Å². The van der Waals surface area contributed by atoms with E-state index in [4.69, 9.17) is 0 Å². The summed E-state index contributed by atoms with van der Waals surface area (Å²) in [5.74, 6) is 0. The normalized spacial score (nSPS) is 12.6. The van der Waals surface area contributed by atoms with E-state index in [2.05, 4.69) is 18.2 Å². The molecule has 2 heteroatoms. The van der Waals surface area contributed by atoms with Crippen LogP contribution in [0.3, 0.4) is 0 Å². The molecule has 0 amide bonds. The van der Waals surface area contributed by atoms with E-state index in [0.29, 0.717) is 0 Å². The number of aliphatic hydroxyl groups is 1. The molecule has 0 fully saturated rings. The van der Waals surface area contributed by atoms with Gasteiger partial charge in [0.15, 0.2) is 0 Å². The average Bonchev–Trinajstić information content (AvgIpc) is 2.71. The molecule has 1 unspecified atom stereocenters. The third-order valence-electron chi connectivity index (χ3n) is 2.33. The van der Waals surface area contributed by atoms with Gasteiger partial charge in [-0.05, 0) is 23.4 Å². The molecule has 1 N–H and O–H groups in total. The van der Waals surface area contributed by atoms with Crippen LogP contribution >= 0.6 is 11.3 Å². The maximum Gasteiger partial charge on any atom is 0.0628 e. The minimum atomic E-state index is -0.272. The Labute approximate surface area is 94.0 Å². The lowest BCUT2D eigenvalue weighted by atomic mass is 10.1. The molecule has 1 nitrogen and oxygen atoms in total. The van der Waals surface area contributed by atoms with E-state index in [1.54, 1.807) is 11.3 Å². The second-order valence-electron chi connectivity index (χ2n) is 3.63. The second kappa shape index (κ2) is 5.10. The molecule has 1 aromatic carbocycles. The SMILES string of the molecule is OC(Cc1ccccc1)Cc1cccs1. The van der Waals surface area contributed by atoms with E-state index < -0.39 is 0 Å². The quantitative estimate of drug-likeness (QED) is 0.836. The summed E-state index contributed by atoms with van der Waals surface area (Å²) < 4.78 is 0. The molecule has 0 spiro atoms. The summed E-state index contributed by atoms with van der Waals surface area (Å²) in [6.07, 6.45) is 1.22. The number of benzene rings is 1. The highest BCUT2D eigenvalue weighted by molar-refractivity contribution is 7.09. The van der Waals surface area contributed by atoms with Gasteiger partial charge >= 0.3 is 0 Å². The highest BCUT2D eigenvalue weighted by Gasteiger charge is 2.06. The van der Waals surface area contributed by atoms with Gasteiger partial charge in [-0.25, -0.2) is 0 Å². The maximum absolute atomic E-state index is 9.88. The van der Waals surface area contributed by atoms with Gasteiger partial charge in [0.25, 0.3) is 0 Å². The Hall–Kier alpha value is -1.12. The van der Waals surface area contributed by atoms with Crippen molar-refractivity contribution in [3.63, 3.8) is 0 Å². The molecular weight excluding hydrogens is 204 g/mol. The highest BCUT2D eigenvalue weighted by atomic mass is 32.1. The fourth-order valence-electron chi connectivity index (χ4n) is 1.62. The van der Waals surface area contributed by atoms with Crippen LogP contribution < -0.4 is 0 Å². The summed E-state index contributed by atoms with van der Waals surface area (Å²) in [7, 11) is 0. The Balaban J connectivity index is 1.90. The molecule has 1 heterocycles. The lowest BCUT2D eigenvalue weighted by Gasteiger charge is -2.08. The van der Waals surface area contributed by atoms with E-state index >= 15 is 0 Å². The fourth-order valence-corrected chi connectivity index (χ4v) is 2.40. The summed E-state index contributed by atoms with van der Waals surface area (Å²) in [6.45, 7) is 0. The summed E-state index contributed by atoms with van der Waals surface area (Å²) in [6, 6.07) is 14.2. The van der Waals surface area contributed by atoms with Crippen LogP contribution in [0.15, 0.2) is 47.8 Å². The topological polar surface area (TPSA) is 20.2 Å². The van der Waals surface area contributed by atoms with Crippen molar-refractivity contribution in [2.75, 3.05) is 0 Å².